The number of hydrogen-bond acceptors (Lipinski definition) is 8. The second kappa shape index (κ2) is 8.30. The predicted octanol–water partition coefficient (Wildman–Crippen LogP) is 0.843. The average molecular weight is 436 g/mol. The van der Waals surface area contributed by atoms with Gasteiger partial charge in [-0.3, -0.25) is 4.90 Å². The largest absolute Gasteiger partial charge is 0.371 e. The lowest BCUT2D eigenvalue weighted by Gasteiger charge is -2.33. The molecule has 1 fully saturated rings. The van der Waals surface area contributed by atoms with E-state index in [2.05, 4.69) is 25.0 Å². The summed E-state index contributed by atoms with van der Waals surface area (Å²) < 4.78 is 38.2. The summed E-state index contributed by atoms with van der Waals surface area (Å²) in [5.74, 6) is 0.987. The number of aromatic amines is 2. The molecule has 2 N–H and O–H groups in total. The van der Waals surface area contributed by atoms with Gasteiger partial charge < -0.3 is 19.2 Å². The van der Waals surface area contributed by atoms with E-state index in [4.69, 9.17) is 9.26 Å². The van der Waals surface area contributed by atoms with E-state index in [9.17, 15) is 13.2 Å². The zero-order valence-corrected chi connectivity index (χ0v) is 17.6. The monoisotopic (exact) mass is 436 g/mol. The van der Waals surface area contributed by atoms with Crippen molar-refractivity contribution >= 4 is 21.1 Å². The first kappa shape index (κ1) is 20.7. The minimum Gasteiger partial charge on any atom is -0.371 e. The zero-order chi connectivity index (χ0) is 21.3. The van der Waals surface area contributed by atoms with Gasteiger partial charge in [-0.05, 0) is 32.0 Å². The molecular formula is C18H24N6O5S. The Kier molecular flexibility index (Phi) is 5.73. The summed E-state index contributed by atoms with van der Waals surface area (Å²) >= 11 is 0. The van der Waals surface area contributed by atoms with Crippen LogP contribution in [0.5, 0.6) is 0 Å². The Hall–Kier alpha value is -2.54. The molecule has 1 aliphatic rings. The highest BCUT2D eigenvalue weighted by atomic mass is 32.2. The Labute approximate surface area is 173 Å². The molecule has 162 valence electrons. The smallest absolute Gasteiger partial charge is 0.323 e. The molecule has 1 unspecified atom stereocenters. The van der Waals surface area contributed by atoms with Crippen LogP contribution >= 0.6 is 0 Å². The van der Waals surface area contributed by atoms with Gasteiger partial charge in [-0.2, -0.15) is 9.29 Å². The van der Waals surface area contributed by atoms with Gasteiger partial charge in [0.2, 0.25) is 15.9 Å². The third kappa shape index (κ3) is 4.17. The minimum absolute atomic E-state index is 0.158. The maximum absolute atomic E-state index is 13.0. The number of sulfonamides is 1. The molecule has 1 aliphatic heterocycles. The maximum Gasteiger partial charge on any atom is 0.323 e. The Morgan fingerprint density at radius 2 is 1.93 bits per heavy atom. The van der Waals surface area contributed by atoms with Crippen LogP contribution < -0.4 is 5.69 Å². The number of benzene rings is 1. The van der Waals surface area contributed by atoms with Crippen molar-refractivity contribution in [1.82, 2.24) is 29.3 Å². The molecule has 2 aromatic heterocycles. The number of rotatable bonds is 7. The lowest BCUT2D eigenvalue weighted by molar-refractivity contribution is 0.0683. The molecule has 0 spiro atoms. The topological polar surface area (TPSA) is 137 Å². The molecule has 1 aromatic carbocycles. The van der Waals surface area contributed by atoms with Gasteiger partial charge in [0.15, 0.2) is 5.82 Å². The van der Waals surface area contributed by atoms with Crippen molar-refractivity contribution < 1.29 is 17.7 Å². The van der Waals surface area contributed by atoms with Crippen LogP contribution in [0.15, 0.2) is 32.4 Å². The summed E-state index contributed by atoms with van der Waals surface area (Å²) in [6.45, 7) is 6.57. The fraction of sp³-hybridized carbons (Fsp3) is 0.500. The lowest BCUT2D eigenvalue weighted by atomic mass is 10.3. The highest BCUT2D eigenvalue weighted by Gasteiger charge is 2.29. The van der Waals surface area contributed by atoms with Crippen molar-refractivity contribution in [2.45, 2.75) is 31.4 Å². The minimum atomic E-state index is -3.65. The Morgan fingerprint density at radius 3 is 2.67 bits per heavy atom. The molecule has 30 heavy (non-hydrogen) atoms. The van der Waals surface area contributed by atoms with Crippen molar-refractivity contribution in [3.8, 4) is 0 Å². The van der Waals surface area contributed by atoms with Crippen LogP contribution in [-0.4, -0.2) is 70.5 Å². The van der Waals surface area contributed by atoms with E-state index in [1.165, 1.54) is 16.4 Å². The van der Waals surface area contributed by atoms with Crippen molar-refractivity contribution in [2.75, 3.05) is 32.8 Å². The van der Waals surface area contributed by atoms with E-state index in [1.807, 2.05) is 13.8 Å². The fourth-order valence-corrected chi connectivity index (χ4v) is 4.91. The Morgan fingerprint density at radius 1 is 1.20 bits per heavy atom. The number of fused-ring (bicyclic) bond motifs is 1. The average Bonchev–Trinajstić information content (AvgIpc) is 3.33. The second-order valence-electron chi connectivity index (χ2n) is 7.11. The van der Waals surface area contributed by atoms with E-state index in [-0.39, 0.29) is 16.7 Å². The molecule has 0 saturated carbocycles. The van der Waals surface area contributed by atoms with E-state index in [0.29, 0.717) is 62.1 Å². The quantitative estimate of drug-likeness (QED) is 0.556. The van der Waals surface area contributed by atoms with Crippen LogP contribution in [0.25, 0.3) is 11.0 Å². The highest BCUT2D eigenvalue weighted by molar-refractivity contribution is 7.89. The summed E-state index contributed by atoms with van der Waals surface area (Å²) in [5, 5.41) is 3.95. The predicted molar refractivity (Wildman–Crippen MR) is 107 cm³/mol. The lowest BCUT2D eigenvalue weighted by Crippen LogP contribution is -2.48. The van der Waals surface area contributed by atoms with E-state index in [1.54, 1.807) is 6.07 Å². The number of imidazole rings is 1. The van der Waals surface area contributed by atoms with Crippen LogP contribution in [0.4, 0.5) is 0 Å². The summed E-state index contributed by atoms with van der Waals surface area (Å²) in [4.78, 5) is 23.2. The van der Waals surface area contributed by atoms with Gasteiger partial charge in [0, 0.05) is 32.8 Å². The molecule has 0 aliphatic carbocycles. The number of ether oxygens (including phenoxy) is 1. The van der Waals surface area contributed by atoms with Gasteiger partial charge in [-0.15, -0.1) is 0 Å². The van der Waals surface area contributed by atoms with Crippen LogP contribution in [0, 0.1) is 0 Å². The van der Waals surface area contributed by atoms with Crippen LogP contribution in [0.2, 0.25) is 0 Å². The Balaban J connectivity index is 1.39. The maximum atomic E-state index is 13.0. The number of nitrogens with one attached hydrogen (secondary N) is 2. The van der Waals surface area contributed by atoms with Gasteiger partial charge in [0.05, 0.1) is 22.5 Å². The summed E-state index contributed by atoms with van der Waals surface area (Å²) in [7, 11) is -3.65. The molecule has 12 heteroatoms. The third-order valence-corrected chi connectivity index (χ3v) is 6.97. The SMILES string of the molecule is CCOC(C)c1noc(CN2CCN(S(=O)(=O)c3ccc4[nH]c(=O)[nH]c4c3)CC2)n1. The van der Waals surface area contributed by atoms with Gasteiger partial charge in [-0.1, -0.05) is 5.16 Å². The zero-order valence-electron chi connectivity index (χ0n) is 16.8. The van der Waals surface area contributed by atoms with Gasteiger partial charge >= 0.3 is 5.69 Å². The molecule has 0 radical (unpaired) electrons. The first-order chi connectivity index (χ1) is 14.4. The van der Waals surface area contributed by atoms with E-state index < -0.39 is 10.0 Å². The normalized spacial score (nSPS) is 17.5. The fourth-order valence-electron chi connectivity index (χ4n) is 3.46. The second-order valence-corrected chi connectivity index (χ2v) is 9.05. The molecule has 0 amide bonds. The third-order valence-electron chi connectivity index (χ3n) is 5.08. The number of H-pyrrole nitrogens is 2. The standard InChI is InChI=1S/C18H24N6O5S/c1-3-28-12(2)17-21-16(29-22-17)11-23-6-8-24(9-7-23)30(26,27)13-4-5-14-15(10-13)20-18(25)19-14/h4-5,10,12H,3,6-9,11H2,1-2H3,(H2,19,20,25). The van der Waals surface area contributed by atoms with Crippen LogP contribution in [-0.2, 0) is 21.3 Å². The van der Waals surface area contributed by atoms with Crippen molar-refractivity contribution in [3.05, 3.63) is 40.4 Å². The van der Waals surface area contributed by atoms with Crippen molar-refractivity contribution in [2.24, 2.45) is 0 Å². The van der Waals surface area contributed by atoms with Gasteiger partial charge in [0.1, 0.15) is 6.10 Å². The van der Waals surface area contributed by atoms with E-state index >= 15 is 0 Å². The molecule has 11 nitrogen and oxygen atoms in total. The molecule has 0 bridgehead atoms. The van der Waals surface area contributed by atoms with Crippen molar-refractivity contribution in [3.63, 3.8) is 0 Å². The summed E-state index contributed by atoms with van der Waals surface area (Å²) in [6, 6.07) is 4.58. The first-order valence-electron chi connectivity index (χ1n) is 9.75. The molecule has 3 aromatic rings. The number of nitrogens with zero attached hydrogens (tertiary/aromatic N) is 4. The van der Waals surface area contributed by atoms with E-state index in [0.717, 1.165) is 0 Å². The highest BCUT2D eigenvalue weighted by Crippen LogP contribution is 2.21. The molecule has 1 saturated heterocycles. The van der Waals surface area contributed by atoms with Crippen LogP contribution in [0.1, 0.15) is 31.7 Å². The number of piperazine rings is 1. The molecule has 1 atom stereocenters. The van der Waals surface area contributed by atoms with Gasteiger partial charge in [0.25, 0.3) is 0 Å². The molecular weight excluding hydrogens is 412 g/mol. The molecule has 4 rings (SSSR count). The summed E-state index contributed by atoms with van der Waals surface area (Å²) in [5.41, 5.74) is 0.669. The number of aromatic nitrogens is 4. The Bertz CT molecular complexity index is 1180. The molecule has 3 heterocycles. The van der Waals surface area contributed by atoms with Crippen molar-refractivity contribution in [1.29, 1.82) is 0 Å². The number of hydrogen-bond donors (Lipinski definition) is 2. The first-order valence-corrected chi connectivity index (χ1v) is 11.2. The van der Waals surface area contributed by atoms with Gasteiger partial charge in [-0.25, -0.2) is 13.2 Å². The summed E-state index contributed by atoms with van der Waals surface area (Å²) in [6.07, 6.45) is -0.234. The van der Waals surface area contributed by atoms with Crippen LogP contribution in [0.3, 0.4) is 0 Å².